The Labute approximate surface area is 185 Å². The predicted octanol–water partition coefficient (Wildman–Crippen LogP) is 4.77. The molecule has 0 aromatic heterocycles. The highest BCUT2D eigenvalue weighted by Gasteiger charge is 2.44. The van der Waals surface area contributed by atoms with Crippen molar-refractivity contribution in [1.29, 1.82) is 0 Å². The molecule has 0 heterocycles. The summed E-state index contributed by atoms with van der Waals surface area (Å²) in [6.07, 6.45) is 2.92. The SMILES string of the molecule is COC(=O)C[C@@H]1CCC[C@H](N(Cc2ccccc2)[C@@H](C)c2ccccc2)[C@H]1C(=O)OC. The van der Waals surface area contributed by atoms with E-state index in [1.54, 1.807) is 0 Å². The average Bonchev–Trinajstić information content (AvgIpc) is 2.82. The highest BCUT2D eigenvalue weighted by Crippen LogP contribution is 2.40. The Kier molecular flexibility index (Phi) is 8.24. The minimum atomic E-state index is -0.368. The third kappa shape index (κ3) is 5.73. The zero-order valence-electron chi connectivity index (χ0n) is 18.7. The predicted molar refractivity (Wildman–Crippen MR) is 120 cm³/mol. The first kappa shape index (κ1) is 23.0. The van der Waals surface area contributed by atoms with Crippen molar-refractivity contribution >= 4 is 11.9 Å². The first-order valence-corrected chi connectivity index (χ1v) is 11.0. The van der Waals surface area contributed by atoms with Crippen molar-refractivity contribution in [3.8, 4) is 0 Å². The van der Waals surface area contributed by atoms with Crippen molar-refractivity contribution in [2.45, 2.75) is 51.2 Å². The molecule has 2 aromatic carbocycles. The molecule has 0 bridgehead atoms. The molecule has 1 aliphatic carbocycles. The van der Waals surface area contributed by atoms with Gasteiger partial charge in [-0.15, -0.1) is 0 Å². The minimum Gasteiger partial charge on any atom is -0.469 e. The molecule has 0 radical (unpaired) electrons. The van der Waals surface area contributed by atoms with Gasteiger partial charge in [0.25, 0.3) is 0 Å². The molecule has 31 heavy (non-hydrogen) atoms. The summed E-state index contributed by atoms with van der Waals surface area (Å²) in [7, 11) is 2.83. The van der Waals surface area contributed by atoms with Gasteiger partial charge in [-0.05, 0) is 36.8 Å². The molecule has 0 amide bonds. The van der Waals surface area contributed by atoms with Crippen molar-refractivity contribution in [1.82, 2.24) is 4.90 Å². The second-order valence-electron chi connectivity index (χ2n) is 8.33. The highest BCUT2D eigenvalue weighted by atomic mass is 16.5. The first-order chi connectivity index (χ1) is 15.0. The van der Waals surface area contributed by atoms with E-state index < -0.39 is 0 Å². The van der Waals surface area contributed by atoms with E-state index in [0.717, 1.165) is 25.8 Å². The quantitative estimate of drug-likeness (QED) is 0.573. The number of rotatable bonds is 8. The fourth-order valence-electron chi connectivity index (χ4n) is 4.91. The molecule has 5 heteroatoms. The van der Waals surface area contributed by atoms with E-state index in [1.165, 1.54) is 25.3 Å². The number of carbonyl (C=O) groups is 2. The molecule has 1 saturated carbocycles. The summed E-state index contributed by atoms with van der Waals surface area (Å²) in [6.45, 7) is 2.91. The average molecular weight is 424 g/mol. The Morgan fingerprint density at radius 2 is 1.61 bits per heavy atom. The third-order valence-electron chi connectivity index (χ3n) is 6.54. The molecular formula is C26H33NO4. The number of benzene rings is 2. The Bertz CT molecular complexity index is 839. The molecule has 1 fully saturated rings. The molecule has 5 nitrogen and oxygen atoms in total. The van der Waals surface area contributed by atoms with Gasteiger partial charge in [0, 0.05) is 25.0 Å². The van der Waals surface area contributed by atoms with Crippen molar-refractivity contribution in [3.05, 3.63) is 71.8 Å². The van der Waals surface area contributed by atoms with E-state index in [-0.39, 0.29) is 42.3 Å². The summed E-state index contributed by atoms with van der Waals surface area (Å²) < 4.78 is 10.2. The van der Waals surface area contributed by atoms with Gasteiger partial charge in [-0.3, -0.25) is 14.5 Å². The van der Waals surface area contributed by atoms with E-state index in [2.05, 4.69) is 36.1 Å². The van der Waals surface area contributed by atoms with Gasteiger partial charge in [0.05, 0.1) is 20.1 Å². The summed E-state index contributed by atoms with van der Waals surface area (Å²) >= 11 is 0. The van der Waals surface area contributed by atoms with Crippen LogP contribution in [0.25, 0.3) is 0 Å². The Balaban J connectivity index is 1.97. The maximum absolute atomic E-state index is 13.0. The molecule has 1 aliphatic rings. The molecule has 0 aliphatic heterocycles. The second kappa shape index (κ2) is 11.1. The summed E-state index contributed by atoms with van der Waals surface area (Å²) in [6, 6.07) is 20.8. The van der Waals surface area contributed by atoms with E-state index >= 15 is 0 Å². The van der Waals surface area contributed by atoms with Crippen LogP contribution in [0.15, 0.2) is 60.7 Å². The molecule has 0 unspecified atom stereocenters. The van der Waals surface area contributed by atoms with Crippen LogP contribution < -0.4 is 0 Å². The Hall–Kier alpha value is -2.66. The lowest BCUT2D eigenvalue weighted by Crippen LogP contribution is -2.50. The third-order valence-corrected chi connectivity index (χ3v) is 6.54. The number of esters is 2. The fourth-order valence-corrected chi connectivity index (χ4v) is 4.91. The molecule has 4 atom stereocenters. The van der Waals surface area contributed by atoms with Gasteiger partial charge >= 0.3 is 11.9 Å². The van der Waals surface area contributed by atoms with Crippen LogP contribution in [0.1, 0.15) is 49.8 Å². The summed E-state index contributed by atoms with van der Waals surface area (Å²) in [4.78, 5) is 27.5. The monoisotopic (exact) mass is 423 g/mol. The van der Waals surface area contributed by atoms with Crippen LogP contribution in [0.2, 0.25) is 0 Å². The van der Waals surface area contributed by atoms with Crippen molar-refractivity contribution < 1.29 is 19.1 Å². The maximum atomic E-state index is 13.0. The Morgan fingerprint density at radius 3 is 2.23 bits per heavy atom. The van der Waals surface area contributed by atoms with Gasteiger partial charge in [-0.25, -0.2) is 0 Å². The van der Waals surface area contributed by atoms with Crippen LogP contribution in [-0.2, 0) is 25.6 Å². The van der Waals surface area contributed by atoms with Crippen LogP contribution in [0, 0.1) is 11.8 Å². The number of nitrogens with zero attached hydrogens (tertiary/aromatic N) is 1. The summed E-state index contributed by atoms with van der Waals surface area (Å²) in [5.41, 5.74) is 2.40. The van der Waals surface area contributed by atoms with Crippen LogP contribution in [0.5, 0.6) is 0 Å². The van der Waals surface area contributed by atoms with Crippen LogP contribution in [0.4, 0.5) is 0 Å². The summed E-state index contributed by atoms with van der Waals surface area (Å²) in [5, 5.41) is 0. The second-order valence-corrected chi connectivity index (χ2v) is 8.33. The fraction of sp³-hybridized carbons (Fsp3) is 0.462. The van der Waals surface area contributed by atoms with E-state index in [1.807, 2.05) is 36.4 Å². The molecule has 0 spiro atoms. The zero-order valence-corrected chi connectivity index (χ0v) is 18.7. The number of methoxy groups -OCH3 is 2. The van der Waals surface area contributed by atoms with E-state index in [4.69, 9.17) is 9.47 Å². The van der Waals surface area contributed by atoms with Crippen LogP contribution in [-0.4, -0.2) is 37.1 Å². The van der Waals surface area contributed by atoms with Gasteiger partial charge < -0.3 is 9.47 Å². The normalized spacial score (nSPS) is 22.0. The highest BCUT2D eigenvalue weighted by molar-refractivity contribution is 5.76. The standard InChI is InChI=1S/C26H33NO4/c1-19(21-13-8-5-9-14-21)27(18-20-11-6-4-7-12-20)23-16-10-15-22(17-24(28)30-2)25(23)26(29)31-3/h4-9,11-14,19,22-23,25H,10,15-18H2,1-3H3/t19-,22-,23-,25-/m0/s1. The molecular weight excluding hydrogens is 390 g/mol. The van der Waals surface area contributed by atoms with E-state index in [9.17, 15) is 9.59 Å². The van der Waals surface area contributed by atoms with Gasteiger partial charge in [-0.2, -0.15) is 0 Å². The lowest BCUT2D eigenvalue weighted by Gasteiger charge is -2.45. The first-order valence-electron chi connectivity index (χ1n) is 11.0. The number of ether oxygens (including phenoxy) is 2. The van der Waals surface area contributed by atoms with Gasteiger partial charge in [-0.1, -0.05) is 67.1 Å². The van der Waals surface area contributed by atoms with Crippen LogP contribution in [0.3, 0.4) is 0 Å². The summed E-state index contributed by atoms with van der Waals surface area (Å²) in [5.74, 6) is -0.963. The molecule has 166 valence electrons. The Morgan fingerprint density at radius 1 is 0.968 bits per heavy atom. The minimum absolute atomic E-state index is 0.0220. The molecule has 2 aromatic rings. The number of hydrogen-bond acceptors (Lipinski definition) is 5. The smallest absolute Gasteiger partial charge is 0.310 e. The maximum Gasteiger partial charge on any atom is 0.310 e. The topological polar surface area (TPSA) is 55.8 Å². The van der Waals surface area contributed by atoms with Crippen molar-refractivity contribution in [3.63, 3.8) is 0 Å². The van der Waals surface area contributed by atoms with Gasteiger partial charge in [0.15, 0.2) is 0 Å². The van der Waals surface area contributed by atoms with Crippen molar-refractivity contribution in [2.24, 2.45) is 11.8 Å². The van der Waals surface area contributed by atoms with Crippen molar-refractivity contribution in [2.75, 3.05) is 14.2 Å². The number of hydrogen-bond donors (Lipinski definition) is 0. The molecule has 0 N–H and O–H groups in total. The molecule has 0 saturated heterocycles. The largest absolute Gasteiger partial charge is 0.469 e. The van der Waals surface area contributed by atoms with E-state index in [0.29, 0.717) is 0 Å². The van der Waals surface area contributed by atoms with Gasteiger partial charge in [0.1, 0.15) is 0 Å². The van der Waals surface area contributed by atoms with Gasteiger partial charge in [0.2, 0.25) is 0 Å². The lowest BCUT2D eigenvalue weighted by atomic mass is 9.73. The zero-order chi connectivity index (χ0) is 22.2. The number of carbonyl (C=O) groups excluding carboxylic acids is 2. The molecule has 3 rings (SSSR count). The van der Waals surface area contributed by atoms with Crippen LogP contribution >= 0.6 is 0 Å². The lowest BCUT2D eigenvalue weighted by molar-refractivity contribution is -0.155.